The Balaban J connectivity index is 1.63. The second kappa shape index (κ2) is 7.00. The summed E-state index contributed by atoms with van der Waals surface area (Å²) in [4.78, 5) is 34.4. The number of pyridine rings is 1. The zero-order valence-electron chi connectivity index (χ0n) is 14.2. The van der Waals surface area contributed by atoms with Crippen molar-refractivity contribution in [3.8, 4) is 0 Å². The molecule has 0 saturated carbocycles. The van der Waals surface area contributed by atoms with Crippen LogP contribution in [0.5, 0.6) is 0 Å². The lowest BCUT2D eigenvalue weighted by atomic mass is 10.1. The first-order valence-corrected chi connectivity index (χ1v) is 8.21. The van der Waals surface area contributed by atoms with E-state index < -0.39 is 5.43 Å². The van der Waals surface area contributed by atoms with Crippen molar-refractivity contribution in [1.29, 1.82) is 0 Å². The highest BCUT2D eigenvalue weighted by atomic mass is 16.2. The monoisotopic (exact) mass is 329 g/mol. The molecule has 3 rings (SSSR count). The Hall–Kier alpha value is -2.41. The molecule has 0 aliphatic carbocycles. The molecule has 0 bridgehead atoms. The number of rotatable bonds is 6. The van der Waals surface area contributed by atoms with Gasteiger partial charge in [-0.25, -0.2) is 4.98 Å². The van der Waals surface area contributed by atoms with E-state index in [4.69, 9.17) is 0 Å². The zero-order valence-corrected chi connectivity index (χ0v) is 14.2. The predicted octanol–water partition coefficient (Wildman–Crippen LogP) is -0.0223. The molecule has 7 heteroatoms. The van der Waals surface area contributed by atoms with Crippen molar-refractivity contribution in [1.82, 2.24) is 9.88 Å². The SMILES string of the molecule is CN(C)CCNc1c(N2CCN(c3ccccn3)CC2)c(=O)c1=O. The van der Waals surface area contributed by atoms with E-state index in [1.54, 1.807) is 6.20 Å². The highest BCUT2D eigenvalue weighted by Crippen LogP contribution is 2.22. The Kier molecular flexibility index (Phi) is 4.80. The van der Waals surface area contributed by atoms with Gasteiger partial charge in [0.2, 0.25) is 0 Å². The minimum Gasteiger partial charge on any atom is -0.379 e. The van der Waals surface area contributed by atoms with E-state index in [-0.39, 0.29) is 5.43 Å². The highest BCUT2D eigenvalue weighted by molar-refractivity contribution is 5.75. The maximum atomic E-state index is 12.0. The van der Waals surface area contributed by atoms with Gasteiger partial charge in [-0.3, -0.25) is 9.59 Å². The van der Waals surface area contributed by atoms with E-state index in [2.05, 4.69) is 15.2 Å². The summed E-state index contributed by atoms with van der Waals surface area (Å²) < 4.78 is 0. The molecule has 1 aromatic heterocycles. The van der Waals surface area contributed by atoms with Crippen molar-refractivity contribution in [3.63, 3.8) is 0 Å². The third-order valence-electron chi connectivity index (χ3n) is 4.32. The van der Waals surface area contributed by atoms with Crippen LogP contribution in [0.25, 0.3) is 0 Å². The Morgan fingerprint density at radius 3 is 2.42 bits per heavy atom. The Morgan fingerprint density at radius 2 is 1.79 bits per heavy atom. The molecule has 1 saturated heterocycles. The van der Waals surface area contributed by atoms with Crippen molar-refractivity contribution in [3.05, 3.63) is 44.8 Å². The third-order valence-corrected chi connectivity index (χ3v) is 4.32. The highest BCUT2D eigenvalue weighted by Gasteiger charge is 2.28. The van der Waals surface area contributed by atoms with Crippen LogP contribution in [0, 0.1) is 0 Å². The van der Waals surface area contributed by atoms with Crippen LogP contribution in [0.4, 0.5) is 17.2 Å². The fourth-order valence-corrected chi connectivity index (χ4v) is 2.95. The van der Waals surface area contributed by atoms with Gasteiger partial charge in [0.1, 0.15) is 17.2 Å². The topological polar surface area (TPSA) is 68.8 Å². The lowest BCUT2D eigenvalue weighted by Gasteiger charge is -2.37. The lowest BCUT2D eigenvalue weighted by Crippen LogP contribution is -2.52. The summed E-state index contributed by atoms with van der Waals surface area (Å²) in [5, 5.41) is 3.12. The second-order valence-electron chi connectivity index (χ2n) is 6.27. The van der Waals surface area contributed by atoms with Gasteiger partial charge in [0.15, 0.2) is 0 Å². The van der Waals surface area contributed by atoms with Crippen molar-refractivity contribution in [2.45, 2.75) is 0 Å². The van der Waals surface area contributed by atoms with E-state index in [0.29, 0.717) is 31.0 Å². The summed E-state index contributed by atoms with van der Waals surface area (Å²) in [6, 6.07) is 5.86. The number of likely N-dealkylation sites (N-methyl/N-ethyl adjacent to an activating group) is 1. The molecule has 0 atom stereocenters. The zero-order chi connectivity index (χ0) is 17.1. The number of piperazine rings is 1. The van der Waals surface area contributed by atoms with Gasteiger partial charge in [0, 0.05) is 45.5 Å². The number of hydrogen-bond acceptors (Lipinski definition) is 7. The van der Waals surface area contributed by atoms with Crippen LogP contribution in [0.15, 0.2) is 34.0 Å². The third kappa shape index (κ3) is 3.26. The Bertz CT molecular complexity index is 744. The Labute approximate surface area is 141 Å². The number of nitrogens with zero attached hydrogens (tertiary/aromatic N) is 4. The fraction of sp³-hybridized carbons (Fsp3) is 0.471. The van der Waals surface area contributed by atoms with Crippen LogP contribution in [-0.2, 0) is 0 Å². The normalized spacial score (nSPS) is 15.3. The molecule has 0 radical (unpaired) electrons. The molecular formula is C17H23N5O2. The molecule has 24 heavy (non-hydrogen) atoms. The molecule has 1 aromatic carbocycles. The van der Waals surface area contributed by atoms with Crippen molar-refractivity contribution >= 4 is 17.2 Å². The predicted molar refractivity (Wildman–Crippen MR) is 97.1 cm³/mol. The van der Waals surface area contributed by atoms with E-state index >= 15 is 0 Å². The van der Waals surface area contributed by atoms with Crippen LogP contribution in [-0.4, -0.2) is 63.2 Å². The molecule has 2 heterocycles. The average Bonchev–Trinajstić information content (AvgIpc) is 2.61. The van der Waals surface area contributed by atoms with Crippen molar-refractivity contribution < 1.29 is 0 Å². The summed E-state index contributed by atoms with van der Waals surface area (Å²) in [7, 11) is 3.95. The Morgan fingerprint density at radius 1 is 1.08 bits per heavy atom. The smallest absolute Gasteiger partial charge is 0.253 e. The molecule has 128 valence electrons. The van der Waals surface area contributed by atoms with Gasteiger partial charge in [0.25, 0.3) is 10.9 Å². The van der Waals surface area contributed by atoms with Gasteiger partial charge >= 0.3 is 0 Å². The van der Waals surface area contributed by atoms with Crippen molar-refractivity contribution in [2.24, 2.45) is 0 Å². The minimum absolute atomic E-state index is 0.367. The standard InChI is InChI=1S/C17H23N5O2/c1-20(2)8-7-19-14-15(17(24)16(14)23)22-11-9-21(10-12-22)13-5-3-4-6-18-13/h3-6,19H,7-12H2,1-2H3. The van der Waals surface area contributed by atoms with E-state index in [9.17, 15) is 9.59 Å². The number of hydrogen-bond donors (Lipinski definition) is 1. The maximum Gasteiger partial charge on any atom is 0.253 e. The largest absolute Gasteiger partial charge is 0.379 e. The van der Waals surface area contributed by atoms with Gasteiger partial charge in [-0.15, -0.1) is 0 Å². The molecule has 1 N–H and O–H groups in total. The minimum atomic E-state index is -0.393. The molecule has 0 spiro atoms. The molecule has 1 aliphatic heterocycles. The van der Waals surface area contributed by atoms with Crippen LogP contribution in [0.1, 0.15) is 0 Å². The molecule has 1 aliphatic rings. The number of nitrogens with one attached hydrogen (secondary N) is 1. The van der Waals surface area contributed by atoms with E-state index in [1.807, 2.05) is 42.1 Å². The van der Waals surface area contributed by atoms with Gasteiger partial charge in [-0.1, -0.05) is 6.07 Å². The summed E-state index contributed by atoms with van der Waals surface area (Å²) in [6.07, 6.45) is 1.78. The molecular weight excluding hydrogens is 306 g/mol. The second-order valence-corrected chi connectivity index (χ2v) is 6.27. The first kappa shape index (κ1) is 16.4. The summed E-state index contributed by atoms with van der Waals surface area (Å²) in [5.41, 5.74) is 0.275. The molecule has 7 nitrogen and oxygen atoms in total. The van der Waals surface area contributed by atoms with Gasteiger partial charge < -0.3 is 20.0 Å². The first-order valence-electron chi connectivity index (χ1n) is 8.21. The lowest BCUT2D eigenvalue weighted by molar-refractivity contribution is 0.425. The quantitative estimate of drug-likeness (QED) is 0.747. The molecule has 1 fully saturated rings. The molecule has 2 aromatic rings. The van der Waals surface area contributed by atoms with E-state index in [0.717, 1.165) is 25.5 Å². The average molecular weight is 329 g/mol. The van der Waals surface area contributed by atoms with Gasteiger partial charge in [-0.2, -0.15) is 0 Å². The van der Waals surface area contributed by atoms with Crippen LogP contribution in [0.2, 0.25) is 0 Å². The maximum absolute atomic E-state index is 12.0. The number of aromatic nitrogens is 1. The summed E-state index contributed by atoms with van der Waals surface area (Å²) in [5.74, 6) is 0.950. The first-order chi connectivity index (χ1) is 11.6. The van der Waals surface area contributed by atoms with E-state index in [1.165, 1.54) is 0 Å². The van der Waals surface area contributed by atoms with Crippen LogP contribution in [0.3, 0.4) is 0 Å². The summed E-state index contributed by atoms with van der Waals surface area (Å²) >= 11 is 0. The molecule has 0 unspecified atom stereocenters. The van der Waals surface area contributed by atoms with Crippen molar-refractivity contribution in [2.75, 3.05) is 68.5 Å². The summed E-state index contributed by atoms with van der Waals surface area (Å²) in [6.45, 7) is 4.46. The fourth-order valence-electron chi connectivity index (χ4n) is 2.95. The van der Waals surface area contributed by atoms with Gasteiger partial charge in [-0.05, 0) is 26.2 Å². The van der Waals surface area contributed by atoms with Gasteiger partial charge in [0.05, 0.1) is 0 Å². The van der Waals surface area contributed by atoms with Crippen LogP contribution >= 0.6 is 0 Å². The molecule has 0 amide bonds. The van der Waals surface area contributed by atoms with Crippen LogP contribution < -0.4 is 26.0 Å². The number of anilines is 3.